The Hall–Kier alpha value is -1.76. The number of carbonyl (C=O) groups is 1. The number of hydrogen-bond donors (Lipinski definition) is 0. The van der Waals surface area contributed by atoms with Gasteiger partial charge in [-0.25, -0.2) is 4.98 Å². The number of amides is 1. The summed E-state index contributed by atoms with van der Waals surface area (Å²) in [6, 6.07) is 10.0. The van der Waals surface area contributed by atoms with Crippen LogP contribution in [0.15, 0.2) is 30.3 Å². The van der Waals surface area contributed by atoms with Gasteiger partial charge in [0, 0.05) is 24.6 Å². The van der Waals surface area contributed by atoms with Crippen molar-refractivity contribution in [1.29, 1.82) is 0 Å². The smallest absolute Gasteiger partial charge is 0.265 e. The van der Waals surface area contributed by atoms with Crippen molar-refractivity contribution in [2.24, 2.45) is 5.92 Å². The van der Waals surface area contributed by atoms with E-state index < -0.39 is 0 Å². The van der Waals surface area contributed by atoms with E-state index in [9.17, 15) is 4.79 Å². The number of aromatic nitrogens is 1. The molecule has 132 valence electrons. The van der Waals surface area contributed by atoms with Crippen molar-refractivity contribution in [1.82, 2.24) is 9.88 Å². The Kier molecular flexibility index (Phi) is 4.83. The Balaban J connectivity index is 1.44. The molecule has 0 radical (unpaired) electrons. The van der Waals surface area contributed by atoms with Crippen LogP contribution in [-0.4, -0.2) is 48.4 Å². The summed E-state index contributed by atoms with van der Waals surface area (Å²) >= 11 is 1.49. The van der Waals surface area contributed by atoms with E-state index in [0.29, 0.717) is 19.1 Å². The molecule has 2 fully saturated rings. The third-order valence-corrected chi connectivity index (χ3v) is 6.07. The minimum Gasteiger partial charge on any atom is -0.350 e. The number of aryl methyl sites for hydroxylation is 1. The highest BCUT2D eigenvalue weighted by molar-refractivity contribution is 7.17. The van der Waals surface area contributed by atoms with Crippen LogP contribution in [0, 0.1) is 12.8 Å². The number of likely N-dealkylation sites (tertiary alicyclic amines) is 1. The van der Waals surface area contributed by atoms with Crippen molar-refractivity contribution >= 4 is 17.2 Å². The SMILES string of the molecule is Cc1nc(-c2ccccc2)sc1C(=O)N1CCC(C2OCCO2)CC1. The zero-order chi connectivity index (χ0) is 17.2. The van der Waals surface area contributed by atoms with Crippen LogP contribution in [0.5, 0.6) is 0 Å². The number of hydrogen-bond acceptors (Lipinski definition) is 5. The van der Waals surface area contributed by atoms with Gasteiger partial charge in [-0.2, -0.15) is 0 Å². The fourth-order valence-electron chi connectivity index (χ4n) is 3.47. The number of benzene rings is 1. The van der Waals surface area contributed by atoms with E-state index in [-0.39, 0.29) is 12.2 Å². The lowest BCUT2D eigenvalue weighted by Crippen LogP contribution is -2.41. The Labute approximate surface area is 151 Å². The molecule has 0 saturated carbocycles. The maximum absolute atomic E-state index is 12.9. The van der Waals surface area contributed by atoms with Crippen LogP contribution in [0.2, 0.25) is 0 Å². The van der Waals surface area contributed by atoms with Crippen molar-refractivity contribution in [2.45, 2.75) is 26.1 Å². The second-order valence-corrected chi connectivity index (χ2v) is 7.54. The molecule has 1 amide bonds. The normalized spacial score (nSPS) is 19.5. The standard InChI is InChI=1S/C19H22N2O3S/c1-13-16(25-17(20-13)14-5-3-2-4-6-14)18(22)21-9-7-15(8-10-21)19-23-11-12-24-19/h2-6,15,19H,7-12H2,1H3. The van der Waals surface area contributed by atoms with Gasteiger partial charge in [-0.3, -0.25) is 4.79 Å². The van der Waals surface area contributed by atoms with Crippen LogP contribution in [0.1, 0.15) is 28.2 Å². The summed E-state index contributed by atoms with van der Waals surface area (Å²) in [7, 11) is 0. The van der Waals surface area contributed by atoms with Gasteiger partial charge in [-0.1, -0.05) is 30.3 Å². The molecule has 25 heavy (non-hydrogen) atoms. The maximum atomic E-state index is 12.9. The van der Waals surface area contributed by atoms with Crippen molar-refractivity contribution in [3.8, 4) is 10.6 Å². The van der Waals surface area contributed by atoms with E-state index in [1.807, 2.05) is 42.2 Å². The summed E-state index contributed by atoms with van der Waals surface area (Å²) in [4.78, 5) is 20.2. The summed E-state index contributed by atoms with van der Waals surface area (Å²) in [5.74, 6) is 0.498. The molecule has 0 unspecified atom stereocenters. The number of piperidine rings is 1. The van der Waals surface area contributed by atoms with Gasteiger partial charge >= 0.3 is 0 Å². The summed E-state index contributed by atoms with van der Waals surface area (Å²) < 4.78 is 11.2. The maximum Gasteiger partial charge on any atom is 0.265 e. The molecule has 1 aromatic carbocycles. The van der Waals surface area contributed by atoms with Gasteiger partial charge in [-0.15, -0.1) is 11.3 Å². The molecule has 1 aromatic heterocycles. The van der Waals surface area contributed by atoms with Crippen LogP contribution in [0.3, 0.4) is 0 Å². The number of nitrogens with zero attached hydrogens (tertiary/aromatic N) is 2. The highest BCUT2D eigenvalue weighted by Crippen LogP contribution is 2.31. The zero-order valence-corrected chi connectivity index (χ0v) is 15.1. The number of rotatable bonds is 3. The van der Waals surface area contributed by atoms with E-state index >= 15 is 0 Å². The lowest BCUT2D eigenvalue weighted by molar-refractivity contribution is -0.0956. The minimum atomic E-state index is -0.0768. The Bertz CT molecular complexity index is 732. The number of carbonyl (C=O) groups excluding carboxylic acids is 1. The molecular formula is C19H22N2O3S. The molecule has 0 spiro atoms. The van der Waals surface area contributed by atoms with Crippen molar-refractivity contribution < 1.29 is 14.3 Å². The van der Waals surface area contributed by atoms with Crippen LogP contribution >= 0.6 is 11.3 Å². The predicted molar refractivity (Wildman–Crippen MR) is 96.6 cm³/mol. The van der Waals surface area contributed by atoms with E-state index in [4.69, 9.17) is 9.47 Å². The third kappa shape index (κ3) is 3.47. The molecule has 0 atom stereocenters. The number of ether oxygens (including phenoxy) is 2. The van der Waals surface area contributed by atoms with Gasteiger partial charge in [-0.05, 0) is 19.8 Å². The van der Waals surface area contributed by atoms with Crippen LogP contribution in [0.4, 0.5) is 0 Å². The number of thiazole rings is 1. The average Bonchev–Trinajstić information content (AvgIpc) is 3.32. The first-order valence-electron chi connectivity index (χ1n) is 8.77. The van der Waals surface area contributed by atoms with Gasteiger partial charge in [0.25, 0.3) is 5.91 Å². The molecule has 5 nitrogen and oxygen atoms in total. The van der Waals surface area contributed by atoms with Crippen LogP contribution in [0.25, 0.3) is 10.6 Å². The van der Waals surface area contributed by atoms with Gasteiger partial charge < -0.3 is 14.4 Å². The second kappa shape index (κ2) is 7.23. The van der Waals surface area contributed by atoms with E-state index in [2.05, 4.69) is 4.98 Å². The van der Waals surface area contributed by atoms with Gasteiger partial charge in [0.15, 0.2) is 6.29 Å². The molecule has 2 aliphatic heterocycles. The van der Waals surface area contributed by atoms with Crippen LogP contribution < -0.4 is 0 Å². The molecule has 0 N–H and O–H groups in total. The quantitative estimate of drug-likeness (QED) is 0.844. The summed E-state index contributed by atoms with van der Waals surface area (Å²) in [6.07, 6.45) is 1.78. The molecule has 3 heterocycles. The molecule has 2 saturated heterocycles. The molecular weight excluding hydrogens is 336 g/mol. The second-order valence-electron chi connectivity index (χ2n) is 6.54. The molecule has 0 aliphatic carbocycles. The largest absolute Gasteiger partial charge is 0.350 e. The molecule has 0 bridgehead atoms. The topological polar surface area (TPSA) is 51.7 Å². The first-order valence-corrected chi connectivity index (χ1v) is 9.59. The Morgan fingerprint density at radius 3 is 2.52 bits per heavy atom. The Morgan fingerprint density at radius 1 is 1.16 bits per heavy atom. The first-order chi connectivity index (χ1) is 12.2. The highest BCUT2D eigenvalue weighted by atomic mass is 32.1. The fraction of sp³-hybridized carbons (Fsp3) is 0.474. The first kappa shape index (κ1) is 16.7. The highest BCUT2D eigenvalue weighted by Gasteiger charge is 2.32. The molecule has 2 aromatic rings. The lowest BCUT2D eigenvalue weighted by Gasteiger charge is -2.33. The van der Waals surface area contributed by atoms with Gasteiger partial charge in [0.2, 0.25) is 0 Å². The fourth-order valence-corrected chi connectivity index (χ4v) is 4.51. The van der Waals surface area contributed by atoms with Gasteiger partial charge in [0.1, 0.15) is 9.88 Å². The van der Waals surface area contributed by atoms with E-state index in [1.54, 1.807) is 0 Å². The van der Waals surface area contributed by atoms with E-state index in [0.717, 1.165) is 47.1 Å². The van der Waals surface area contributed by atoms with E-state index in [1.165, 1.54) is 11.3 Å². The molecule has 4 rings (SSSR count). The molecule has 6 heteroatoms. The summed E-state index contributed by atoms with van der Waals surface area (Å²) in [5, 5.41) is 0.907. The Morgan fingerprint density at radius 2 is 1.84 bits per heavy atom. The summed E-state index contributed by atoms with van der Waals surface area (Å²) in [6.45, 7) is 4.80. The zero-order valence-electron chi connectivity index (χ0n) is 14.3. The third-order valence-electron chi connectivity index (χ3n) is 4.87. The van der Waals surface area contributed by atoms with Crippen molar-refractivity contribution in [2.75, 3.05) is 26.3 Å². The minimum absolute atomic E-state index is 0.0768. The summed E-state index contributed by atoms with van der Waals surface area (Å²) in [5.41, 5.74) is 1.88. The van der Waals surface area contributed by atoms with Crippen molar-refractivity contribution in [3.63, 3.8) is 0 Å². The van der Waals surface area contributed by atoms with Crippen LogP contribution in [-0.2, 0) is 9.47 Å². The lowest BCUT2D eigenvalue weighted by atomic mass is 9.96. The van der Waals surface area contributed by atoms with Crippen molar-refractivity contribution in [3.05, 3.63) is 40.9 Å². The predicted octanol–water partition coefficient (Wildman–Crippen LogP) is 3.34. The van der Waals surface area contributed by atoms with Gasteiger partial charge in [0.05, 0.1) is 18.9 Å². The average molecular weight is 358 g/mol. The monoisotopic (exact) mass is 358 g/mol. The molecule has 2 aliphatic rings.